The third-order valence-corrected chi connectivity index (χ3v) is 6.50. The number of nitrogens with zero attached hydrogens (tertiary/aromatic N) is 3. The first-order valence-corrected chi connectivity index (χ1v) is 11.5. The van der Waals surface area contributed by atoms with E-state index in [1.807, 2.05) is 4.68 Å². The number of likely N-dealkylation sites (tertiary alicyclic amines) is 1. The van der Waals surface area contributed by atoms with E-state index in [1.165, 1.54) is 12.5 Å². The fourth-order valence-electron chi connectivity index (χ4n) is 4.53. The van der Waals surface area contributed by atoms with E-state index in [4.69, 9.17) is 0 Å². The number of fused-ring (bicyclic) bond motifs is 1. The Morgan fingerprint density at radius 2 is 1.78 bits per heavy atom. The SMILES string of the molecule is CC(=O)NCC1CCn2ncc(C(=O)NCc3ccc(CN4CCC(O)CC4)cc3)c2C1. The summed E-state index contributed by atoms with van der Waals surface area (Å²) in [5.74, 6) is 0.190. The fraction of sp³-hybridized carbons (Fsp3) is 0.542. The van der Waals surface area contributed by atoms with Crippen LogP contribution in [0.25, 0.3) is 0 Å². The van der Waals surface area contributed by atoms with Gasteiger partial charge in [-0.15, -0.1) is 0 Å². The van der Waals surface area contributed by atoms with Gasteiger partial charge in [-0.25, -0.2) is 0 Å². The molecule has 1 atom stereocenters. The summed E-state index contributed by atoms with van der Waals surface area (Å²) in [4.78, 5) is 26.4. The van der Waals surface area contributed by atoms with Gasteiger partial charge >= 0.3 is 0 Å². The Morgan fingerprint density at radius 1 is 1.06 bits per heavy atom. The Bertz CT molecular complexity index is 932. The van der Waals surface area contributed by atoms with Gasteiger partial charge in [0.05, 0.1) is 23.6 Å². The first-order valence-electron chi connectivity index (χ1n) is 11.5. The molecule has 2 aliphatic heterocycles. The number of aliphatic hydroxyl groups is 1. The predicted octanol–water partition coefficient (Wildman–Crippen LogP) is 1.47. The molecule has 0 aliphatic carbocycles. The molecule has 172 valence electrons. The molecule has 2 aromatic rings. The van der Waals surface area contributed by atoms with Crippen molar-refractivity contribution in [1.29, 1.82) is 0 Å². The average molecular weight is 440 g/mol. The molecule has 32 heavy (non-hydrogen) atoms. The zero-order chi connectivity index (χ0) is 22.5. The standard InChI is InChI=1S/C24H33N5O3/c1-17(30)25-14-20-6-11-29-23(12-20)22(15-27-29)24(32)26-13-18-2-4-19(5-3-18)16-28-9-7-21(31)8-10-28/h2-5,15,20-21,31H,6-14,16H2,1H3,(H,25,30)(H,26,32). The summed E-state index contributed by atoms with van der Waals surface area (Å²) >= 11 is 0. The number of aliphatic hydroxyl groups excluding tert-OH is 1. The van der Waals surface area contributed by atoms with Gasteiger partial charge in [0.25, 0.3) is 5.91 Å². The fourth-order valence-corrected chi connectivity index (χ4v) is 4.53. The minimum atomic E-state index is -0.151. The minimum absolute atomic E-state index is 0.0252. The van der Waals surface area contributed by atoms with Crippen LogP contribution < -0.4 is 10.6 Å². The highest BCUT2D eigenvalue weighted by atomic mass is 16.3. The lowest BCUT2D eigenvalue weighted by Crippen LogP contribution is -2.35. The van der Waals surface area contributed by atoms with Crippen molar-refractivity contribution in [1.82, 2.24) is 25.3 Å². The van der Waals surface area contributed by atoms with Crippen LogP contribution >= 0.6 is 0 Å². The van der Waals surface area contributed by atoms with Crippen LogP contribution in [0.4, 0.5) is 0 Å². The lowest BCUT2D eigenvalue weighted by molar-refractivity contribution is -0.119. The molecule has 4 rings (SSSR count). The number of carbonyl (C=O) groups is 2. The highest BCUT2D eigenvalue weighted by molar-refractivity contribution is 5.95. The van der Waals surface area contributed by atoms with Gasteiger partial charge in [0.2, 0.25) is 5.91 Å². The van der Waals surface area contributed by atoms with Crippen molar-refractivity contribution in [2.45, 2.75) is 58.3 Å². The van der Waals surface area contributed by atoms with E-state index >= 15 is 0 Å². The van der Waals surface area contributed by atoms with Gasteiger partial charge < -0.3 is 15.7 Å². The summed E-state index contributed by atoms with van der Waals surface area (Å²) in [5, 5.41) is 19.9. The van der Waals surface area contributed by atoms with Crippen LogP contribution in [-0.4, -0.2) is 57.3 Å². The second kappa shape index (κ2) is 10.3. The molecule has 0 bridgehead atoms. The van der Waals surface area contributed by atoms with E-state index in [2.05, 4.69) is 44.9 Å². The monoisotopic (exact) mass is 439 g/mol. The molecule has 0 spiro atoms. The van der Waals surface area contributed by atoms with E-state index in [0.29, 0.717) is 24.6 Å². The van der Waals surface area contributed by atoms with E-state index in [1.54, 1.807) is 6.20 Å². The van der Waals surface area contributed by atoms with Crippen LogP contribution in [0.3, 0.4) is 0 Å². The van der Waals surface area contributed by atoms with E-state index < -0.39 is 0 Å². The van der Waals surface area contributed by atoms with Crippen molar-refractivity contribution in [2.75, 3.05) is 19.6 Å². The normalized spacial score (nSPS) is 19.4. The van der Waals surface area contributed by atoms with E-state index in [0.717, 1.165) is 63.1 Å². The molecule has 1 aromatic heterocycles. The maximum atomic E-state index is 12.8. The molecule has 8 nitrogen and oxygen atoms in total. The summed E-state index contributed by atoms with van der Waals surface area (Å²) in [5.41, 5.74) is 3.88. The molecule has 3 N–H and O–H groups in total. The number of hydrogen-bond donors (Lipinski definition) is 3. The molecule has 1 unspecified atom stereocenters. The number of carbonyl (C=O) groups excluding carboxylic acids is 2. The lowest BCUT2D eigenvalue weighted by atomic mass is 9.94. The Morgan fingerprint density at radius 3 is 2.50 bits per heavy atom. The highest BCUT2D eigenvalue weighted by Crippen LogP contribution is 2.23. The van der Waals surface area contributed by atoms with Crippen LogP contribution in [0.5, 0.6) is 0 Å². The highest BCUT2D eigenvalue weighted by Gasteiger charge is 2.25. The molecule has 8 heteroatoms. The van der Waals surface area contributed by atoms with Crippen molar-refractivity contribution in [3.05, 3.63) is 52.8 Å². The summed E-state index contributed by atoms with van der Waals surface area (Å²) in [7, 11) is 0. The molecule has 1 saturated heterocycles. The zero-order valence-electron chi connectivity index (χ0n) is 18.7. The number of amides is 2. The number of aryl methyl sites for hydroxylation is 1. The Labute approximate surface area is 189 Å². The third-order valence-electron chi connectivity index (χ3n) is 6.50. The summed E-state index contributed by atoms with van der Waals surface area (Å²) in [6.45, 7) is 6.14. The van der Waals surface area contributed by atoms with E-state index in [9.17, 15) is 14.7 Å². The largest absolute Gasteiger partial charge is 0.393 e. The van der Waals surface area contributed by atoms with Crippen molar-refractivity contribution >= 4 is 11.8 Å². The second-order valence-corrected chi connectivity index (χ2v) is 9.03. The topological polar surface area (TPSA) is 99.5 Å². The van der Waals surface area contributed by atoms with Crippen LogP contribution in [-0.2, 0) is 30.8 Å². The van der Waals surface area contributed by atoms with Gasteiger partial charge in [0.15, 0.2) is 0 Å². The molecule has 0 radical (unpaired) electrons. The summed E-state index contributed by atoms with van der Waals surface area (Å²) in [6.07, 6.45) is 4.88. The Hall–Kier alpha value is -2.71. The Balaban J connectivity index is 1.29. The summed E-state index contributed by atoms with van der Waals surface area (Å²) in [6, 6.07) is 8.35. The van der Waals surface area contributed by atoms with Crippen molar-refractivity contribution in [2.24, 2.45) is 5.92 Å². The molecule has 1 fully saturated rings. The number of piperidine rings is 1. The quantitative estimate of drug-likeness (QED) is 0.607. The number of rotatable bonds is 7. The summed E-state index contributed by atoms with van der Waals surface area (Å²) < 4.78 is 1.91. The van der Waals surface area contributed by atoms with Crippen molar-refractivity contribution in [3.63, 3.8) is 0 Å². The molecule has 2 amide bonds. The average Bonchev–Trinajstić information content (AvgIpc) is 3.22. The van der Waals surface area contributed by atoms with Gasteiger partial charge in [0, 0.05) is 46.2 Å². The number of hydrogen-bond acceptors (Lipinski definition) is 5. The number of benzene rings is 1. The number of aromatic nitrogens is 2. The number of nitrogens with one attached hydrogen (secondary N) is 2. The van der Waals surface area contributed by atoms with Gasteiger partial charge in [-0.3, -0.25) is 19.2 Å². The van der Waals surface area contributed by atoms with Crippen LogP contribution in [0.1, 0.15) is 53.4 Å². The van der Waals surface area contributed by atoms with Crippen LogP contribution in [0, 0.1) is 5.92 Å². The lowest BCUT2D eigenvalue weighted by Gasteiger charge is -2.29. The first kappa shape index (κ1) is 22.5. The first-order chi connectivity index (χ1) is 15.5. The minimum Gasteiger partial charge on any atom is -0.393 e. The van der Waals surface area contributed by atoms with Crippen molar-refractivity contribution in [3.8, 4) is 0 Å². The molecule has 0 saturated carbocycles. The van der Waals surface area contributed by atoms with Crippen molar-refractivity contribution < 1.29 is 14.7 Å². The van der Waals surface area contributed by atoms with Gasteiger partial charge in [0.1, 0.15) is 0 Å². The maximum Gasteiger partial charge on any atom is 0.255 e. The van der Waals surface area contributed by atoms with Gasteiger partial charge in [-0.2, -0.15) is 5.10 Å². The maximum absolute atomic E-state index is 12.8. The Kier molecular flexibility index (Phi) is 7.22. The smallest absolute Gasteiger partial charge is 0.255 e. The molecular weight excluding hydrogens is 406 g/mol. The zero-order valence-corrected chi connectivity index (χ0v) is 18.7. The molecule has 2 aliphatic rings. The van der Waals surface area contributed by atoms with Crippen LogP contribution in [0.2, 0.25) is 0 Å². The second-order valence-electron chi connectivity index (χ2n) is 9.03. The predicted molar refractivity (Wildman–Crippen MR) is 121 cm³/mol. The third kappa shape index (κ3) is 5.75. The molecule has 1 aromatic carbocycles. The van der Waals surface area contributed by atoms with Crippen LogP contribution in [0.15, 0.2) is 30.5 Å². The molecular formula is C24H33N5O3. The van der Waals surface area contributed by atoms with Gasteiger partial charge in [-0.05, 0) is 42.7 Å². The molecule has 3 heterocycles. The van der Waals surface area contributed by atoms with Gasteiger partial charge in [-0.1, -0.05) is 24.3 Å². The van der Waals surface area contributed by atoms with E-state index in [-0.39, 0.29) is 17.9 Å².